The van der Waals surface area contributed by atoms with Crippen molar-refractivity contribution < 1.29 is 14.6 Å². The van der Waals surface area contributed by atoms with Gasteiger partial charge in [0.15, 0.2) is 0 Å². The van der Waals surface area contributed by atoms with Gasteiger partial charge in [-0.25, -0.2) is 0 Å². The van der Waals surface area contributed by atoms with Crippen molar-refractivity contribution in [3.63, 3.8) is 0 Å². The largest absolute Gasteiger partial charge is 0.496 e. The maximum atomic E-state index is 10.4. The molecule has 0 heterocycles. The molecule has 3 aromatic carbocycles. The number of aliphatic hydroxyl groups is 1. The number of benzene rings is 3. The fourth-order valence-electron chi connectivity index (χ4n) is 2.59. The maximum Gasteiger partial charge on any atom is 0.134 e. The van der Waals surface area contributed by atoms with Gasteiger partial charge in [0.2, 0.25) is 0 Å². The molecule has 3 aromatic rings. The Balaban J connectivity index is 0.000000248. The standard InChI is InChI=1S/C15H12BrNO2.C8H6BrNO/c1-19-14-7-10(9-17)5-6-13(14)15(18)11-3-2-4-12(16)8-11;1-11-8-4-6(5-10)2-3-7(8)9/h2-8,15,18H,1H3;2-4H,1H3. The Bertz CT molecular complexity index is 1100. The van der Waals surface area contributed by atoms with Gasteiger partial charge in [-0.3, -0.25) is 0 Å². The molecule has 0 aliphatic rings. The van der Waals surface area contributed by atoms with Crippen molar-refractivity contribution in [2.45, 2.75) is 6.10 Å². The second kappa shape index (κ2) is 11.4. The molecule has 0 aliphatic carbocycles. The van der Waals surface area contributed by atoms with Crippen molar-refractivity contribution in [2.75, 3.05) is 14.2 Å². The summed E-state index contributed by atoms with van der Waals surface area (Å²) in [5.74, 6) is 1.19. The summed E-state index contributed by atoms with van der Waals surface area (Å²) < 4.78 is 12.0. The van der Waals surface area contributed by atoms with Crippen LogP contribution >= 0.6 is 31.9 Å². The van der Waals surface area contributed by atoms with Crippen molar-refractivity contribution >= 4 is 31.9 Å². The second-order valence-electron chi connectivity index (χ2n) is 5.99. The highest BCUT2D eigenvalue weighted by atomic mass is 79.9. The Morgan fingerprint density at radius 2 is 1.43 bits per heavy atom. The lowest BCUT2D eigenvalue weighted by Crippen LogP contribution is -2.02. The van der Waals surface area contributed by atoms with Gasteiger partial charge in [0.25, 0.3) is 0 Å². The van der Waals surface area contributed by atoms with Crippen LogP contribution in [-0.2, 0) is 0 Å². The van der Waals surface area contributed by atoms with Gasteiger partial charge < -0.3 is 14.6 Å². The number of ether oxygens (including phenoxy) is 2. The monoisotopic (exact) mass is 528 g/mol. The van der Waals surface area contributed by atoms with Crippen LogP contribution in [0.5, 0.6) is 11.5 Å². The molecule has 152 valence electrons. The summed E-state index contributed by atoms with van der Waals surface area (Å²) in [6, 6.07) is 21.7. The molecule has 0 saturated heterocycles. The molecule has 1 atom stereocenters. The lowest BCUT2D eigenvalue weighted by molar-refractivity contribution is 0.214. The van der Waals surface area contributed by atoms with Crippen molar-refractivity contribution in [3.05, 3.63) is 91.9 Å². The van der Waals surface area contributed by atoms with Gasteiger partial charge in [-0.05, 0) is 64.0 Å². The minimum absolute atomic E-state index is 0.502. The average Bonchev–Trinajstić information content (AvgIpc) is 2.78. The minimum atomic E-state index is -0.791. The van der Waals surface area contributed by atoms with Crippen LogP contribution in [0.3, 0.4) is 0 Å². The molecule has 1 N–H and O–H groups in total. The van der Waals surface area contributed by atoms with Gasteiger partial charge in [0.1, 0.15) is 17.6 Å². The summed E-state index contributed by atoms with van der Waals surface area (Å²) in [4.78, 5) is 0. The van der Waals surface area contributed by atoms with E-state index in [9.17, 15) is 5.11 Å². The number of hydrogen-bond acceptors (Lipinski definition) is 5. The van der Waals surface area contributed by atoms with E-state index in [0.717, 1.165) is 14.5 Å². The van der Waals surface area contributed by atoms with Crippen LogP contribution in [0, 0.1) is 22.7 Å². The molecule has 0 spiro atoms. The lowest BCUT2D eigenvalue weighted by atomic mass is 9.99. The van der Waals surface area contributed by atoms with E-state index in [0.29, 0.717) is 28.2 Å². The number of aliphatic hydroxyl groups excluding tert-OH is 1. The normalized spacial score (nSPS) is 10.6. The zero-order chi connectivity index (χ0) is 22.1. The topological polar surface area (TPSA) is 86.3 Å². The summed E-state index contributed by atoms with van der Waals surface area (Å²) >= 11 is 6.66. The number of hydrogen-bond donors (Lipinski definition) is 1. The van der Waals surface area contributed by atoms with Crippen LogP contribution in [-0.4, -0.2) is 19.3 Å². The number of methoxy groups -OCH3 is 2. The van der Waals surface area contributed by atoms with Crippen molar-refractivity contribution in [3.8, 4) is 23.6 Å². The molecule has 0 radical (unpaired) electrons. The molecule has 0 aromatic heterocycles. The molecular weight excluding hydrogens is 512 g/mol. The van der Waals surface area contributed by atoms with Crippen LogP contribution in [0.4, 0.5) is 0 Å². The first kappa shape index (κ1) is 23.4. The first-order valence-electron chi connectivity index (χ1n) is 8.68. The molecular formula is C23H18Br2N2O3. The molecule has 0 aliphatic heterocycles. The summed E-state index contributed by atoms with van der Waals surface area (Å²) in [6.45, 7) is 0. The Morgan fingerprint density at radius 1 is 0.833 bits per heavy atom. The zero-order valence-corrected chi connectivity index (χ0v) is 19.4. The highest BCUT2D eigenvalue weighted by Crippen LogP contribution is 2.31. The third-order valence-corrected chi connectivity index (χ3v) is 5.25. The maximum absolute atomic E-state index is 10.4. The van der Waals surface area contributed by atoms with Crippen LogP contribution in [0.25, 0.3) is 0 Å². The number of nitrogens with zero attached hydrogens (tertiary/aromatic N) is 2. The van der Waals surface area contributed by atoms with Crippen LogP contribution in [0.1, 0.15) is 28.4 Å². The SMILES string of the molecule is COc1cc(C#N)ccc1Br.COc1cc(C#N)ccc1C(O)c1cccc(Br)c1. The molecule has 0 bridgehead atoms. The van der Waals surface area contributed by atoms with E-state index in [-0.39, 0.29) is 0 Å². The third-order valence-electron chi connectivity index (χ3n) is 4.10. The quantitative estimate of drug-likeness (QED) is 0.465. The summed E-state index contributed by atoms with van der Waals surface area (Å²) in [5.41, 5.74) is 2.50. The van der Waals surface area contributed by atoms with Gasteiger partial charge in [-0.15, -0.1) is 0 Å². The molecule has 0 fully saturated rings. The van der Waals surface area contributed by atoms with Gasteiger partial charge in [-0.2, -0.15) is 10.5 Å². The predicted molar refractivity (Wildman–Crippen MR) is 121 cm³/mol. The Labute approximate surface area is 192 Å². The van der Waals surface area contributed by atoms with Gasteiger partial charge in [0, 0.05) is 10.0 Å². The van der Waals surface area contributed by atoms with E-state index < -0.39 is 6.10 Å². The van der Waals surface area contributed by atoms with E-state index in [1.807, 2.05) is 36.4 Å². The average molecular weight is 530 g/mol. The lowest BCUT2D eigenvalue weighted by Gasteiger charge is -2.15. The van der Waals surface area contributed by atoms with Gasteiger partial charge in [0.05, 0.1) is 42.0 Å². The van der Waals surface area contributed by atoms with Crippen molar-refractivity contribution in [2.24, 2.45) is 0 Å². The first-order valence-corrected chi connectivity index (χ1v) is 10.3. The number of nitriles is 2. The number of rotatable bonds is 4. The van der Waals surface area contributed by atoms with E-state index in [1.54, 1.807) is 43.5 Å². The van der Waals surface area contributed by atoms with E-state index in [4.69, 9.17) is 20.0 Å². The highest BCUT2D eigenvalue weighted by molar-refractivity contribution is 9.10. The summed E-state index contributed by atoms with van der Waals surface area (Å²) in [6.07, 6.45) is -0.791. The van der Waals surface area contributed by atoms with Crippen molar-refractivity contribution in [1.29, 1.82) is 10.5 Å². The fraction of sp³-hybridized carbons (Fsp3) is 0.130. The van der Waals surface area contributed by atoms with E-state index in [1.165, 1.54) is 7.11 Å². The molecule has 0 amide bonds. The van der Waals surface area contributed by atoms with Crippen molar-refractivity contribution in [1.82, 2.24) is 0 Å². The highest BCUT2D eigenvalue weighted by Gasteiger charge is 2.16. The van der Waals surface area contributed by atoms with Crippen LogP contribution in [0.2, 0.25) is 0 Å². The predicted octanol–water partition coefficient (Wildman–Crippen LogP) is 5.74. The summed E-state index contributed by atoms with van der Waals surface area (Å²) in [5, 5.41) is 27.8. The number of halogens is 2. The molecule has 30 heavy (non-hydrogen) atoms. The van der Waals surface area contributed by atoms with Crippen LogP contribution in [0.15, 0.2) is 69.6 Å². The zero-order valence-electron chi connectivity index (χ0n) is 16.3. The molecule has 0 saturated carbocycles. The Morgan fingerprint density at radius 3 is 2.00 bits per heavy atom. The summed E-state index contributed by atoms with van der Waals surface area (Å²) in [7, 11) is 3.09. The Hall–Kier alpha value is -2.84. The third kappa shape index (κ3) is 6.08. The molecule has 3 rings (SSSR count). The molecule has 7 heteroatoms. The van der Waals surface area contributed by atoms with Crippen LogP contribution < -0.4 is 9.47 Å². The smallest absolute Gasteiger partial charge is 0.134 e. The van der Waals surface area contributed by atoms with Gasteiger partial charge >= 0.3 is 0 Å². The second-order valence-corrected chi connectivity index (χ2v) is 7.76. The van der Waals surface area contributed by atoms with E-state index in [2.05, 4.69) is 31.9 Å². The minimum Gasteiger partial charge on any atom is -0.496 e. The van der Waals surface area contributed by atoms with Gasteiger partial charge in [-0.1, -0.05) is 34.1 Å². The molecule has 1 unspecified atom stereocenters. The first-order chi connectivity index (χ1) is 14.4. The molecule has 5 nitrogen and oxygen atoms in total. The Kier molecular flexibility index (Phi) is 8.89. The van der Waals surface area contributed by atoms with E-state index >= 15 is 0 Å². The fourth-order valence-corrected chi connectivity index (χ4v) is 3.42.